The Balaban J connectivity index is 1.52. The molecule has 2 N–H and O–H groups in total. The standard InChI is InChI=1S/C18H30N8O/c1-4-7-26-15(3)16(14(2)22-26)12-20-18(27)17-13-25(23-21-17)11-10-24-8-5-19-6-9-24/h13,19H,4-12H2,1-3H3,(H,20,27). The predicted octanol–water partition coefficient (Wildman–Crippen LogP) is 0.337. The molecule has 0 aromatic carbocycles. The molecule has 1 aliphatic rings. The van der Waals surface area contributed by atoms with E-state index in [0.29, 0.717) is 12.2 Å². The first kappa shape index (κ1) is 19.5. The molecule has 1 amide bonds. The zero-order valence-electron chi connectivity index (χ0n) is 16.5. The van der Waals surface area contributed by atoms with Crippen molar-refractivity contribution in [3.8, 4) is 0 Å². The van der Waals surface area contributed by atoms with Gasteiger partial charge >= 0.3 is 0 Å². The van der Waals surface area contributed by atoms with Crippen molar-refractivity contribution in [1.82, 2.24) is 40.3 Å². The van der Waals surface area contributed by atoms with E-state index in [0.717, 1.165) is 69.2 Å². The lowest BCUT2D eigenvalue weighted by Crippen LogP contribution is -2.44. The molecule has 2 aromatic rings. The van der Waals surface area contributed by atoms with Crippen molar-refractivity contribution in [2.45, 2.75) is 46.8 Å². The minimum atomic E-state index is -0.203. The number of aryl methyl sites for hydroxylation is 2. The largest absolute Gasteiger partial charge is 0.346 e. The van der Waals surface area contributed by atoms with Crippen molar-refractivity contribution in [2.24, 2.45) is 0 Å². The molecular weight excluding hydrogens is 344 g/mol. The van der Waals surface area contributed by atoms with Gasteiger partial charge in [-0.25, -0.2) is 0 Å². The molecule has 27 heavy (non-hydrogen) atoms. The minimum Gasteiger partial charge on any atom is -0.346 e. The van der Waals surface area contributed by atoms with Crippen LogP contribution in [0.25, 0.3) is 0 Å². The average molecular weight is 374 g/mol. The molecule has 0 spiro atoms. The normalized spacial score (nSPS) is 15.2. The number of carbonyl (C=O) groups is 1. The molecular formula is C18H30N8O. The summed E-state index contributed by atoms with van der Waals surface area (Å²) in [7, 11) is 0. The highest BCUT2D eigenvalue weighted by Gasteiger charge is 2.15. The number of hydrogen-bond donors (Lipinski definition) is 2. The van der Waals surface area contributed by atoms with Gasteiger partial charge in [-0.05, 0) is 20.3 Å². The van der Waals surface area contributed by atoms with Crippen molar-refractivity contribution in [3.05, 3.63) is 28.8 Å². The summed E-state index contributed by atoms with van der Waals surface area (Å²) in [6, 6.07) is 0. The molecule has 0 bridgehead atoms. The number of rotatable bonds is 8. The van der Waals surface area contributed by atoms with E-state index in [2.05, 4.69) is 37.9 Å². The van der Waals surface area contributed by atoms with Crippen molar-refractivity contribution in [1.29, 1.82) is 0 Å². The third kappa shape index (κ3) is 4.92. The zero-order chi connectivity index (χ0) is 19.2. The van der Waals surface area contributed by atoms with Crippen LogP contribution in [-0.2, 0) is 19.6 Å². The van der Waals surface area contributed by atoms with Crippen molar-refractivity contribution < 1.29 is 4.79 Å². The van der Waals surface area contributed by atoms with Crippen LogP contribution in [0.2, 0.25) is 0 Å². The number of nitrogens with zero attached hydrogens (tertiary/aromatic N) is 6. The number of piperazine rings is 1. The molecule has 148 valence electrons. The summed E-state index contributed by atoms with van der Waals surface area (Å²) < 4.78 is 3.75. The van der Waals surface area contributed by atoms with Crippen LogP contribution in [0, 0.1) is 13.8 Å². The van der Waals surface area contributed by atoms with Gasteiger partial charge in [-0.2, -0.15) is 5.10 Å². The maximum atomic E-state index is 12.4. The minimum absolute atomic E-state index is 0.203. The number of aromatic nitrogens is 5. The van der Waals surface area contributed by atoms with E-state index >= 15 is 0 Å². The zero-order valence-corrected chi connectivity index (χ0v) is 16.5. The van der Waals surface area contributed by atoms with Crippen molar-refractivity contribution in [3.63, 3.8) is 0 Å². The molecule has 1 fully saturated rings. The number of carbonyl (C=O) groups excluding carboxylic acids is 1. The summed E-state index contributed by atoms with van der Waals surface area (Å²) in [6.07, 6.45) is 2.75. The molecule has 3 rings (SSSR count). The highest BCUT2D eigenvalue weighted by atomic mass is 16.2. The fourth-order valence-corrected chi connectivity index (χ4v) is 3.37. The molecule has 0 saturated carbocycles. The first-order valence-corrected chi connectivity index (χ1v) is 9.72. The van der Waals surface area contributed by atoms with Gasteiger partial charge in [0, 0.05) is 57.1 Å². The summed E-state index contributed by atoms with van der Waals surface area (Å²) in [6.45, 7) is 13.3. The second-order valence-electron chi connectivity index (χ2n) is 7.01. The number of nitrogens with one attached hydrogen (secondary N) is 2. The fourth-order valence-electron chi connectivity index (χ4n) is 3.37. The highest BCUT2D eigenvalue weighted by Crippen LogP contribution is 2.13. The van der Waals surface area contributed by atoms with Crippen LogP contribution in [0.3, 0.4) is 0 Å². The Hall–Kier alpha value is -2.26. The Kier molecular flexibility index (Phi) is 6.57. The first-order chi connectivity index (χ1) is 13.1. The van der Waals surface area contributed by atoms with Crippen LogP contribution in [0.4, 0.5) is 0 Å². The quantitative estimate of drug-likeness (QED) is 0.692. The van der Waals surface area contributed by atoms with E-state index in [9.17, 15) is 4.79 Å². The lowest BCUT2D eigenvalue weighted by Gasteiger charge is -2.26. The molecule has 1 saturated heterocycles. The smallest absolute Gasteiger partial charge is 0.273 e. The SMILES string of the molecule is CCCn1nc(C)c(CNC(=O)c2cn(CCN3CCNCC3)nn2)c1C. The maximum Gasteiger partial charge on any atom is 0.273 e. The molecule has 0 radical (unpaired) electrons. The Morgan fingerprint density at radius 2 is 2.00 bits per heavy atom. The summed E-state index contributed by atoms with van der Waals surface area (Å²) in [5.74, 6) is -0.203. The summed E-state index contributed by atoms with van der Waals surface area (Å²) in [4.78, 5) is 14.8. The highest BCUT2D eigenvalue weighted by molar-refractivity contribution is 5.91. The van der Waals surface area contributed by atoms with Crippen molar-refractivity contribution >= 4 is 5.91 Å². The second-order valence-corrected chi connectivity index (χ2v) is 7.01. The molecule has 0 aliphatic carbocycles. The van der Waals surface area contributed by atoms with Gasteiger partial charge in [-0.3, -0.25) is 19.1 Å². The van der Waals surface area contributed by atoms with Gasteiger partial charge in [0.2, 0.25) is 0 Å². The van der Waals surface area contributed by atoms with Gasteiger partial charge in [0.25, 0.3) is 5.91 Å². The lowest BCUT2D eigenvalue weighted by atomic mass is 10.2. The Morgan fingerprint density at radius 3 is 2.74 bits per heavy atom. The molecule has 0 atom stereocenters. The molecule has 0 unspecified atom stereocenters. The topological polar surface area (TPSA) is 92.9 Å². The van der Waals surface area contributed by atoms with Crippen LogP contribution >= 0.6 is 0 Å². The third-order valence-electron chi connectivity index (χ3n) is 5.02. The molecule has 3 heterocycles. The fraction of sp³-hybridized carbons (Fsp3) is 0.667. The average Bonchev–Trinajstić information content (AvgIpc) is 3.25. The Bertz CT molecular complexity index is 759. The second kappa shape index (κ2) is 9.09. The van der Waals surface area contributed by atoms with E-state index in [-0.39, 0.29) is 5.91 Å². The molecule has 9 heteroatoms. The van der Waals surface area contributed by atoms with Crippen LogP contribution in [0.15, 0.2) is 6.20 Å². The van der Waals surface area contributed by atoms with Gasteiger partial charge in [0.05, 0.1) is 18.4 Å². The van der Waals surface area contributed by atoms with Gasteiger partial charge in [-0.1, -0.05) is 12.1 Å². The monoisotopic (exact) mass is 374 g/mol. The van der Waals surface area contributed by atoms with E-state index in [4.69, 9.17) is 0 Å². The molecule has 1 aliphatic heterocycles. The molecule has 2 aromatic heterocycles. The van der Waals surface area contributed by atoms with Gasteiger partial charge in [0.15, 0.2) is 5.69 Å². The maximum absolute atomic E-state index is 12.4. The summed E-state index contributed by atoms with van der Waals surface area (Å²) in [5, 5.41) is 18.9. The summed E-state index contributed by atoms with van der Waals surface area (Å²) in [5.41, 5.74) is 3.49. The van der Waals surface area contributed by atoms with Crippen molar-refractivity contribution in [2.75, 3.05) is 32.7 Å². The molecule has 9 nitrogen and oxygen atoms in total. The van der Waals surface area contributed by atoms with Gasteiger partial charge in [-0.15, -0.1) is 5.10 Å². The van der Waals surface area contributed by atoms with Crippen LogP contribution in [0.1, 0.15) is 40.8 Å². The van der Waals surface area contributed by atoms with E-state index in [1.165, 1.54) is 0 Å². The summed E-state index contributed by atoms with van der Waals surface area (Å²) >= 11 is 0. The number of hydrogen-bond acceptors (Lipinski definition) is 6. The number of amides is 1. The van der Waals surface area contributed by atoms with Crippen LogP contribution in [-0.4, -0.2) is 68.3 Å². The van der Waals surface area contributed by atoms with E-state index < -0.39 is 0 Å². The van der Waals surface area contributed by atoms with E-state index in [1.54, 1.807) is 10.9 Å². The predicted molar refractivity (Wildman–Crippen MR) is 102 cm³/mol. The lowest BCUT2D eigenvalue weighted by molar-refractivity contribution is 0.0945. The Labute approximate surface area is 160 Å². The Morgan fingerprint density at radius 1 is 1.22 bits per heavy atom. The van der Waals surface area contributed by atoms with Gasteiger partial charge in [0.1, 0.15) is 0 Å². The van der Waals surface area contributed by atoms with Crippen LogP contribution in [0.5, 0.6) is 0 Å². The van der Waals surface area contributed by atoms with Crippen LogP contribution < -0.4 is 10.6 Å². The third-order valence-corrected chi connectivity index (χ3v) is 5.02. The first-order valence-electron chi connectivity index (χ1n) is 9.72. The van der Waals surface area contributed by atoms with Gasteiger partial charge < -0.3 is 10.6 Å². The van der Waals surface area contributed by atoms with E-state index in [1.807, 2.05) is 18.5 Å².